The van der Waals surface area contributed by atoms with Crippen molar-refractivity contribution in [2.24, 2.45) is 5.73 Å². The number of para-hydroxylation sites is 1. The minimum Gasteiger partial charge on any atom is -0.361 e. The van der Waals surface area contributed by atoms with Gasteiger partial charge in [-0.15, -0.1) is 0 Å². The van der Waals surface area contributed by atoms with E-state index in [1.54, 1.807) is 4.90 Å². The number of fused-ring (bicyclic) bond motifs is 1. The van der Waals surface area contributed by atoms with E-state index in [1.165, 1.54) is 6.07 Å². The number of hydrogen-bond acceptors (Lipinski definition) is 3. The Bertz CT molecular complexity index is 1130. The normalized spacial score (nSPS) is 17.0. The topological polar surface area (TPSA) is 91.2 Å². The molecule has 168 valence electrons. The molecule has 2 heterocycles. The van der Waals surface area contributed by atoms with Gasteiger partial charge in [0.15, 0.2) is 11.6 Å². The molecule has 8 heteroatoms. The number of rotatable bonds is 7. The van der Waals surface area contributed by atoms with Crippen LogP contribution >= 0.6 is 0 Å². The standard InChI is InChI=1S/C24H26F2N4O2/c25-19-8-7-15(11-20(19)26)10-17(27)12-23(31)30-9-3-6-22(30)24(32)29-14-16-13-28-21-5-2-1-4-18(16)21/h1-2,4-5,7-8,11,13,17,22,28H,3,6,9-10,12,14,27H2,(H,29,32)/t17-,22+/m1/s1. The zero-order valence-electron chi connectivity index (χ0n) is 17.6. The molecular formula is C24H26F2N4O2. The Morgan fingerprint density at radius 2 is 2.00 bits per heavy atom. The lowest BCUT2D eigenvalue weighted by molar-refractivity contribution is -0.138. The van der Waals surface area contributed by atoms with Crippen molar-refractivity contribution in [1.29, 1.82) is 0 Å². The van der Waals surface area contributed by atoms with Crippen LogP contribution in [0.2, 0.25) is 0 Å². The van der Waals surface area contributed by atoms with Gasteiger partial charge in [-0.25, -0.2) is 8.78 Å². The van der Waals surface area contributed by atoms with Crippen LogP contribution in [0.15, 0.2) is 48.7 Å². The van der Waals surface area contributed by atoms with Crippen LogP contribution in [0, 0.1) is 11.6 Å². The molecular weight excluding hydrogens is 414 g/mol. The van der Waals surface area contributed by atoms with Gasteiger partial charge in [0, 0.05) is 42.7 Å². The number of aromatic amines is 1. The van der Waals surface area contributed by atoms with Gasteiger partial charge in [0.05, 0.1) is 0 Å². The monoisotopic (exact) mass is 440 g/mol. The number of H-pyrrole nitrogens is 1. The molecule has 1 saturated heterocycles. The van der Waals surface area contributed by atoms with E-state index in [0.29, 0.717) is 25.1 Å². The Morgan fingerprint density at radius 3 is 2.81 bits per heavy atom. The average Bonchev–Trinajstić information content (AvgIpc) is 3.42. The SMILES string of the molecule is N[C@@H](CC(=O)N1CCC[C@H]1C(=O)NCc1c[nH]c2ccccc12)Cc1ccc(F)c(F)c1. The average molecular weight is 440 g/mol. The molecule has 4 rings (SSSR count). The van der Waals surface area contributed by atoms with Gasteiger partial charge >= 0.3 is 0 Å². The third-order valence-electron chi connectivity index (χ3n) is 5.92. The van der Waals surface area contributed by atoms with Gasteiger partial charge in [0.2, 0.25) is 11.8 Å². The number of nitrogens with one attached hydrogen (secondary N) is 2. The van der Waals surface area contributed by atoms with E-state index < -0.39 is 23.7 Å². The molecule has 6 nitrogen and oxygen atoms in total. The van der Waals surface area contributed by atoms with Crippen molar-refractivity contribution in [1.82, 2.24) is 15.2 Å². The first kappa shape index (κ1) is 22.0. The molecule has 0 bridgehead atoms. The van der Waals surface area contributed by atoms with Crippen molar-refractivity contribution in [3.63, 3.8) is 0 Å². The third-order valence-corrected chi connectivity index (χ3v) is 5.92. The Labute approximate surface area is 184 Å². The maximum Gasteiger partial charge on any atom is 0.243 e. The smallest absolute Gasteiger partial charge is 0.243 e. The molecule has 1 fully saturated rings. The van der Waals surface area contributed by atoms with Crippen molar-refractivity contribution < 1.29 is 18.4 Å². The van der Waals surface area contributed by atoms with Crippen molar-refractivity contribution >= 4 is 22.7 Å². The van der Waals surface area contributed by atoms with Gasteiger partial charge in [-0.05, 0) is 48.6 Å². The lowest BCUT2D eigenvalue weighted by Gasteiger charge is -2.25. The fraction of sp³-hybridized carbons (Fsp3) is 0.333. The minimum absolute atomic E-state index is 0.0330. The van der Waals surface area contributed by atoms with E-state index in [4.69, 9.17) is 5.73 Å². The van der Waals surface area contributed by atoms with Crippen LogP contribution in [0.4, 0.5) is 8.78 Å². The molecule has 1 aliphatic rings. The highest BCUT2D eigenvalue weighted by molar-refractivity contribution is 5.89. The van der Waals surface area contributed by atoms with E-state index >= 15 is 0 Å². The van der Waals surface area contributed by atoms with Gasteiger partial charge in [-0.2, -0.15) is 0 Å². The molecule has 1 aromatic heterocycles. The molecule has 0 radical (unpaired) electrons. The van der Waals surface area contributed by atoms with Gasteiger partial charge in [-0.1, -0.05) is 24.3 Å². The lowest BCUT2D eigenvalue weighted by Crippen LogP contribution is -2.47. The summed E-state index contributed by atoms with van der Waals surface area (Å²) in [4.78, 5) is 30.4. The summed E-state index contributed by atoms with van der Waals surface area (Å²) in [6.45, 7) is 0.874. The summed E-state index contributed by atoms with van der Waals surface area (Å²) in [6, 6.07) is 10.4. The number of nitrogens with two attached hydrogens (primary N) is 1. The molecule has 2 aromatic carbocycles. The van der Waals surface area contributed by atoms with E-state index in [1.807, 2.05) is 30.5 Å². The molecule has 32 heavy (non-hydrogen) atoms. The summed E-state index contributed by atoms with van der Waals surface area (Å²) < 4.78 is 26.5. The van der Waals surface area contributed by atoms with Crippen LogP contribution < -0.4 is 11.1 Å². The quantitative estimate of drug-likeness (QED) is 0.528. The number of amides is 2. The number of likely N-dealkylation sites (tertiary alicyclic amines) is 1. The molecule has 2 amide bonds. The van der Waals surface area contributed by atoms with Crippen LogP contribution in [0.1, 0.15) is 30.4 Å². The predicted molar refractivity (Wildman–Crippen MR) is 118 cm³/mol. The van der Waals surface area contributed by atoms with Gasteiger partial charge in [-0.3, -0.25) is 9.59 Å². The molecule has 0 aliphatic carbocycles. The van der Waals surface area contributed by atoms with E-state index in [9.17, 15) is 18.4 Å². The van der Waals surface area contributed by atoms with E-state index in [0.717, 1.165) is 35.0 Å². The van der Waals surface area contributed by atoms with Gasteiger partial charge in [0.1, 0.15) is 6.04 Å². The van der Waals surface area contributed by atoms with Crippen molar-refractivity contribution in [3.05, 3.63) is 71.4 Å². The lowest BCUT2D eigenvalue weighted by atomic mass is 10.0. The maximum absolute atomic E-state index is 13.4. The molecule has 1 aliphatic heterocycles. The third kappa shape index (κ3) is 4.80. The largest absolute Gasteiger partial charge is 0.361 e. The fourth-order valence-corrected chi connectivity index (χ4v) is 4.30. The summed E-state index contributed by atoms with van der Waals surface area (Å²) in [5.41, 5.74) is 8.61. The molecule has 0 saturated carbocycles. The highest BCUT2D eigenvalue weighted by Crippen LogP contribution is 2.21. The summed E-state index contributed by atoms with van der Waals surface area (Å²) in [5, 5.41) is 4.00. The number of halogens is 2. The highest BCUT2D eigenvalue weighted by atomic mass is 19.2. The van der Waals surface area contributed by atoms with E-state index in [2.05, 4.69) is 10.3 Å². The summed E-state index contributed by atoms with van der Waals surface area (Å²) >= 11 is 0. The second kappa shape index (κ2) is 9.48. The van der Waals surface area contributed by atoms with Gasteiger partial charge in [0.25, 0.3) is 0 Å². The number of carbonyl (C=O) groups excluding carboxylic acids is 2. The van der Waals surface area contributed by atoms with Crippen LogP contribution in [-0.2, 0) is 22.6 Å². The molecule has 4 N–H and O–H groups in total. The number of hydrogen-bond donors (Lipinski definition) is 3. The zero-order chi connectivity index (χ0) is 22.7. The number of nitrogens with zero attached hydrogens (tertiary/aromatic N) is 1. The molecule has 0 spiro atoms. The highest BCUT2D eigenvalue weighted by Gasteiger charge is 2.34. The summed E-state index contributed by atoms with van der Waals surface area (Å²) in [5.74, 6) is -2.25. The Balaban J connectivity index is 1.33. The Morgan fingerprint density at radius 1 is 1.19 bits per heavy atom. The van der Waals surface area contributed by atoms with Crippen molar-refractivity contribution in [2.75, 3.05) is 6.54 Å². The van der Waals surface area contributed by atoms with Crippen molar-refractivity contribution in [3.8, 4) is 0 Å². The minimum atomic E-state index is -0.937. The summed E-state index contributed by atoms with van der Waals surface area (Å²) in [7, 11) is 0. The van der Waals surface area contributed by atoms with Crippen LogP contribution in [-0.4, -0.2) is 40.3 Å². The Kier molecular flexibility index (Phi) is 6.50. The van der Waals surface area contributed by atoms with Gasteiger partial charge < -0.3 is 20.9 Å². The maximum atomic E-state index is 13.4. The van der Waals surface area contributed by atoms with Crippen LogP contribution in [0.5, 0.6) is 0 Å². The first-order chi connectivity index (χ1) is 15.4. The van der Waals surface area contributed by atoms with E-state index in [-0.39, 0.29) is 24.7 Å². The van der Waals surface area contributed by atoms with Crippen LogP contribution in [0.25, 0.3) is 10.9 Å². The van der Waals surface area contributed by atoms with Crippen LogP contribution in [0.3, 0.4) is 0 Å². The number of carbonyl (C=O) groups is 2. The first-order valence-corrected chi connectivity index (χ1v) is 10.7. The number of aromatic nitrogens is 1. The molecule has 2 atom stereocenters. The fourth-order valence-electron chi connectivity index (χ4n) is 4.30. The molecule has 0 unspecified atom stereocenters. The second-order valence-electron chi connectivity index (χ2n) is 8.24. The first-order valence-electron chi connectivity index (χ1n) is 10.7. The predicted octanol–water partition coefficient (Wildman–Crippen LogP) is 3.01. The Hall–Kier alpha value is -3.26. The van der Waals surface area contributed by atoms with Crippen molar-refractivity contribution in [2.45, 2.75) is 44.3 Å². The molecule has 3 aromatic rings. The summed E-state index contributed by atoms with van der Waals surface area (Å²) in [6.07, 6.45) is 3.50. The zero-order valence-corrected chi connectivity index (χ0v) is 17.6. The second-order valence-corrected chi connectivity index (χ2v) is 8.24. The number of benzene rings is 2.